The van der Waals surface area contributed by atoms with Crippen LogP contribution in [0.15, 0.2) is 24.3 Å². The zero-order valence-corrected chi connectivity index (χ0v) is 12.6. The first-order chi connectivity index (χ1) is 9.24. The van der Waals surface area contributed by atoms with E-state index in [-0.39, 0.29) is 24.4 Å². The number of hydrogen-bond donors (Lipinski definition) is 1. The van der Waals surface area contributed by atoms with E-state index in [1.807, 2.05) is 17.0 Å². The second-order valence-electron chi connectivity index (χ2n) is 5.93. The largest absolute Gasteiger partial charge is 0.334 e. The maximum Gasteiger partial charge on any atom is 0.223 e. The molecule has 2 atom stereocenters. The summed E-state index contributed by atoms with van der Waals surface area (Å²) in [7, 11) is 0. The van der Waals surface area contributed by atoms with Gasteiger partial charge >= 0.3 is 0 Å². The Morgan fingerprint density at radius 3 is 2.35 bits per heavy atom. The van der Waals surface area contributed by atoms with Crippen molar-refractivity contribution < 1.29 is 4.79 Å². The van der Waals surface area contributed by atoms with Crippen LogP contribution in [0.5, 0.6) is 0 Å². The number of carbonyl (C=O) groups is 1. The van der Waals surface area contributed by atoms with Gasteiger partial charge < -0.3 is 10.6 Å². The predicted molar refractivity (Wildman–Crippen MR) is 82.5 cm³/mol. The first kappa shape index (κ1) is 15.3. The van der Waals surface area contributed by atoms with Crippen LogP contribution in [0.25, 0.3) is 0 Å². The molecule has 0 saturated heterocycles. The van der Waals surface area contributed by atoms with Crippen LogP contribution >= 0.6 is 12.4 Å². The summed E-state index contributed by atoms with van der Waals surface area (Å²) in [5.41, 5.74) is 8.73. The van der Waals surface area contributed by atoms with Crippen LogP contribution in [-0.4, -0.2) is 16.8 Å². The number of amides is 1. The molecule has 3 rings (SSSR count). The van der Waals surface area contributed by atoms with E-state index in [4.69, 9.17) is 5.73 Å². The monoisotopic (exact) mass is 294 g/mol. The lowest BCUT2D eigenvalue weighted by Crippen LogP contribution is -2.37. The van der Waals surface area contributed by atoms with E-state index >= 15 is 0 Å². The molecule has 0 bridgehead atoms. The molecule has 0 aromatic heterocycles. The van der Waals surface area contributed by atoms with Gasteiger partial charge in [0.15, 0.2) is 0 Å². The number of fused-ring (bicyclic) bond motifs is 1. The average molecular weight is 295 g/mol. The number of nitrogens with two attached hydrogens (primary N) is 1. The highest BCUT2D eigenvalue weighted by atomic mass is 35.5. The van der Waals surface area contributed by atoms with Crippen LogP contribution in [0.4, 0.5) is 0 Å². The van der Waals surface area contributed by atoms with Crippen LogP contribution in [0.2, 0.25) is 0 Å². The van der Waals surface area contributed by atoms with Crippen molar-refractivity contribution in [2.75, 3.05) is 0 Å². The lowest BCUT2D eigenvalue weighted by Gasteiger charge is -2.29. The fourth-order valence-corrected chi connectivity index (χ4v) is 3.35. The maximum absolute atomic E-state index is 12.4. The summed E-state index contributed by atoms with van der Waals surface area (Å²) in [6, 6.07) is 8.56. The van der Waals surface area contributed by atoms with E-state index < -0.39 is 0 Å². The van der Waals surface area contributed by atoms with Gasteiger partial charge in [-0.1, -0.05) is 37.1 Å². The topological polar surface area (TPSA) is 46.3 Å². The molecule has 0 radical (unpaired) electrons. The minimum atomic E-state index is 0. The first-order valence-electron chi connectivity index (χ1n) is 7.34. The molecule has 1 aromatic rings. The molecule has 110 valence electrons. The Balaban J connectivity index is 0.00000147. The summed E-state index contributed by atoms with van der Waals surface area (Å²) in [4.78, 5) is 14.4. The molecule has 0 spiro atoms. The third kappa shape index (κ3) is 3.15. The number of rotatable bonds is 2. The smallest absolute Gasteiger partial charge is 0.223 e. The normalized spacial score (nSPS) is 24.9. The lowest BCUT2D eigenvalue weighted by molar-refractivity contribution is -0.133. The van der Waals surface area contributed by atoms with E-state index in [1.54, 1.807) is 0 Å². The van der Waals surface area contributed by atoms with Crippen LogP contribution in [0.3, 0.4) is 0 Å². The fraction of sp³-hybridized carbons (Fsp3) is 0.562. The van der Waals surface area contributed by atoms with Crippen molar-refractivity contribution in [3.63, 3.8) is 0 Å². The van der Waals surface area contributed by atoms with Crippen molar-refractivity contribution in [3.05, 3.63) is 35.4 Å². The Labute approximate surface area is 126 Å². The number of carbonyl (C=O) groups excluding carboxylic acids is 1. The summed E-state index contributed by atoms with van der Waals surface area (Å²) >= 11 is 0. The van der Waals surface area contributed by atoms with Crippen molar-refractivity contribution in [2.45, 2.75) is 51.2 Å². The highest BCUT2D eigenvalue weighted by Crippen LogP contribution is 2.28. The number of nitrogens with zero attached hydrogens (tertiary/aromatic N) is 1. The molecule has 1 aliphatic carbocycles. The minimum Gasteiger partial charge on any atom is -0.334 e. The minimum absolute atomic E-state index is 0. The Morgan fingerprint density at radius 1 is 1.15 bits per heavy atom. The Kier molecular flexibility index (Phi) is 5.06. The third-order valence-electron chi connectivity index (χ3n) is 4.60. The van der Waals surface area contributed by atoms with Gasteiger partial charge in [0.2, 0.25) is 5.91 Å². The van der Waals surface area contributed by atoms with Gasteiger partial charge in [-0.15, -0.1) is 12.4 Å². The molecule has 4 heteroatoms. The average Bonchev–Trinajstić information content (AvgIpc) is 2.85. The van der Waals surface area contributed by atoms with Gasteiger partial charge in [-0.3, -0.25) is 4.79 Å². The molecule has 1 aromatic carbocycles. The summed E-state index contributed by atoms with van der Waals surface area (Å²) in [6.07, 6.45) is 5.29. The molecular weight excluding hydrogens is 272 g/mol. The van der Waals surface area contributed by atoms with E-state index in [0.717, 1.165) is 25.9 Å². The van der Waals surface area contributed by atoms with Crippen LogP contribution < -0.4 is 5.73 Å². The number of benzene rings is 1. The van der Waals surface area contributed by atoms with E-state index in [2.05, 4.69) is 12.1 Å². The predicted octanol–water partition coefficient (Wildman–Crippen LogP) is 2.86. The van der Waals surface area contributed by atoms with Crippen molar-refractivity contribution in [1.82, 2.24) is 4.90 Å². The van der Waals surface area contributed by atoms with Crippen molar-refractivity contribution >= 4 is 18.3 Å². The van der Waals surface area contributed by atoms with Gasteiger partial charge in [0.1, 0.15) is 0 Å². The highest BCUT2D eigenvalue weighted by Gasteiger charge is 2.28. The van der Waals surface area contributed by atoms with Gasteiger partial charge in [-0.05, 0) is 29.9 Å². The van der Waals surface area contributed by atoms with Crippen LogP contribution in [0, 0.1) is 5.92 Å². The highest BCUT2D eigenvalue weighted by molar-refractivity contribution is 5.85. The van der Waals surface area contributed by atoms with Gasteiger partial charge in [0.05, 0.1) is 0 Å². The summed E-state index contributed by atoms with van der Waals surface area (Å²) < 4.78 is 0. The molecule has 1 saturated carbocycles. The summed E-state index contributed by atoms with van der Waals surface area (Å²) in [5, 5.41) is 0. The van der Waals surface area contributed by atoms with E-state index in [9.17, 15) is 4.79 Å². The molecule has 3 nitrogen and oxygen atoms in total. The van der Waals surface area contributed by atoms with Gasteiger partial charge in [0.25, 0.3) is 0 Å². The first-order valence-corrected chi connectivity index (χ1v) is 7.34. The summed E-state index contributed by atoms with van der Waals surface area (Å²) in [6.45, 7) is 1.55. The van der Waals surface area contributed by atoms with Gasteiger partial charge in [-0.25, -0.2) is 0 Å². The number of halogens is 1. The molecule has 20 heavy (non-hydrogen) atoms. The van der Waals surface area contributed by atoms with Crippen LogP contribution in [0.1, 0.15) is 43.2 Å². The SMILES string of the molecule is Cl.NC1CCCCC1CC(=O)N1Cc2ccccc2C1. The Morgan fingerprint density at radius 2 is 1.75 bits per heavy atom. The molecular formula is C16H23ClN2O. The van der Waals surface area contributed by atoms with Crippen molar-refractivity contribution in [3.8, 4) is 0 Å². The molecule has 1 aliphatic heterocycles. The van der Waals surface area contributed by atoms with Crippen LogP contribution in [-0.2, 0) is 17.9 Å². The second-order valence-corrected chi connectivity index (χ2v) is 5.93. The zero-order chi connectivity index (χ0) is 13.2. The maximum atomic E-state index is 12.4. The Bertz CT molecular complexity index is 452. The lowest BCUT2D eigenvalue weighted by atomic mass is 9.83. The molecule has 1 heterocycles. The van der Waals surface area contributed by atoms with Gasteiger partial charge in [-0.2, -0.15) is 0 Å². The third-order valence-corrected chi connectivity index (χ3v) is 4.60. The molecule has 2 N–H and O–H groups in total. The molecule has 2 aliphatic rings. The molecule has 1 fully saturated rings. The number of hydrogen-bond acceptors (Lipinski definition) is 2. The Hall–Kier alpha value is -1.06. The zero-order valence-electron chi connectivity index (χ0n) is 11.8. The molecule has 2 unspecified atom stereocenters. The fourth-order valence-electron chi connectivity index (χ4n) is 3.35. The molecule has 1 amide bonds. The van der Waals surface area contributed by atoms with E-state index in [1.165, 1.54) is 24.0 Å². The standard InChI is InChI=1S/C16H22N2O.ClH/c17-15-8-4-3-5-12(15)9-16(19)18-10-13-6-1-2-7-14(13)11-18;/h1-2,6-7,12,15H,3-5,8-11,17H2;1H. The van der Waals surface area contributed by atoms with Crippen molar-refractivity contribution in [1.29, 1.82) is 0 Å². The van der Waals surface area contributed by atoms with Crippen molar-refractivity contribution in [2.24, 2.45) is 11.7 Å². The summed E-state index contributed by atoms with van der Waals surface area (Å²) in [5.74, 6) is 0.670. The van der Waals surface area contributed by atoms with E-state index in [0.29, 0.717) is 12.3 Å². The quantitative estimate of drug-likeness (QED) is 0.912. The van der Waals surface area contributed by atoms with Gasteiger partial charge in [0, 0.05) is 25.6 Å². The second kappa shape index (κ2) is 6.59.